The Morgan fingerprint density at radius 2 is 1.70 bits per heavy atom. The van der Waals surface area contributed by atoms with Crippen molar-refractivity contribution >= 4 is 33.6 Å². The smallest absolute Gasteiger partial charge is 0.266 e. The molecule has 0 aliphatic heterocycles. The minimum absolute atomic E-state index is 0.0995. The summed E-state index contributed by atoms with van der Waals surface area (Å²) in [6, 6.07) is 17.5. The molecule has 0 atom stereocenters. The summed E-state index contributed by atoms with van der Waals surface area (Å²) in [4.78, 5) is 21.8. The molecule has 0 radical (unpaired) electrons. The first kappa shape index (κ1) is 14.0. The molecule has 23 heavy (non-hydrogen) atoms. The minimum atomic E-state index is -0.0995. The minimum Gasteiger partial charge on any atom is -0.276 e. The van der Waals surface area contributed by atoms with Gasteiger partial charge in [0.1, 0.15) is 0 Å². The summed E-state index contributed by atoms with van der Waals surface area (Å²) in [7, 11) is 0. The van der Waals surface area contributed by atoms with Gasteiger partial charge in [0, 0.05) is 17.3 Å². The van der Waals surface area contributed by atoms with Gasteiger partial charge in [-0.05, 0) is 24.5 Å². The lowest BCUT2D eigenvalue weighted by molar-refractivity contribution is 0.992. The van der Waals surface area contributed by atoms with Gasteiger partial charge in [0.25, 0.3) is 5.56 Å². The Morgan fingerprint density at radius 1 is 0.957 bits per heavy atom. The Labute approximate surface area is 136 Å². The summed E-state index contributed by atoms with van der Waals surface area (Å²) in [5.74, 6) is 0. The molecule has 0 bridgehead atoms. The lowest BCUT2D eigenvalue weighted by Gasteiger charge is -2.12. The van der Waals surface area contributed by atoms with Crippen LogP contribution in [0, 0.1) is 0 Å². The van der Waals surface area contributed by atoms with E-state index in [2.05, 4.69) is 9.97 Å². The quantitative estimate of drug-likeness (QED) is 0.321. The van der Waals surface area contributed by atoms with Gasteiger partial charge in [0.05, 0.1) is 16.4 Å². The summed E-state index contributed by atoms with van der Waals surface area (Å²) < 4.78 is 1.72. The van der Waals surface area contributed by atoms with Crippen molar-refractivity contribution in [2.75, 3.05) is 6.26 Å². The van der Waals surface area contributed by atoms with Gasteiger partial charge in [-0.15, -0.1) is 0 Å². The third kappa shape index (κ3) is 2.21. The second-order valence-corrected chi connectivity index (χ2v) is 5.89. The van der Waals surface area contributed by atoms with E-state index in [0.717, 1.165) is 16.6 Å². The zero-order valence-electron chi connectivity index (χ0n) is 12.4. The van der Waals surface area contributed by atoms with Crippen LogP contribution in [0.15, 0.2) is 70.7 Å². The topological polar surface area (TPSA) is 47.8 Å². The molecule has 0 saturated heterocycles. The molecule has 5 heteroatoms. The van der Waals surface area contributed by atoms with Crippen molar-refractivity contribution in [3.8, 4) is 5.69 Å². The Morgan fingerprint density at radius 3 is 2.48 bits per heavy atom. The number of fused-ring (bicyclic) bond motifs is 3. The molecule has 2 heterocycles. The Hall–Kier alpha value is -2.66. The van der Waals surface area contributed by atoms with Gasteiger partial charge in [0.2, 0.25) is 0 Å². The summed E-state index contributed by atoms with van der Waals surface area (Å²) in [6.07, 6.45) is 3.55. The van der Waals surface area contributed by atoms with Crippen LogP contribution in [0.1, 0.15) is 0 Å². The third-order valence-electron chi connectivity index (χ3n) is 3.80. The maximum absolute atomic E-state index is 13.0. The van der Waals surface area contributed by atoms with E-state index >= 15 is 0 Å². The molecular weight excluding hydrogens is 306 g/mol. The molecule has 0 unspecified atom stereocenters. The molecule has 0 spiro atoms. The van der Waals surface area contributed by atoms with Crippen LogP contribution in [0.5, 0.6) is 0 Å². The lowest BCUT2D eigenvalue weighted by atomic mass is 10.1. The second kappa shape index (κ2) is 5.52. The van der Waals surface area contributed by atoms with Gasteiger partial charge in [-0.25, -0.2) is 9.97 Å². The van der Waals surface area contributed by atoms with Gasteiger partial charge in [-0.1, -0.05) is 48.2 Å². The molecule has 0 N–H and O–H groups in total. The van der Waals surface area contributed by atoms with Gasteiger partial charge >= 0.3 is 0 Å². The monoisotopic (exact) mass is 319 g/mol. The summed E-state index contributed by atoms with van der Waals surface area (Å²) >= 11 is 1.47. The first-order chi connectivity index (χ1) is 11.3. The van der Waals surface area contributed by atoms with Crippen molar-refractivity contribution in [2.45, 2.75) is 5.16 Å². The number of hydrogen-bond acceptors (Lipinski definition) is 4. The number of pyridine rings is 1. The molecule has 0 amide bonds. The number of aromatic nitrogens is 3. The van der Waals surface area contributed by atoms with Crippen LogP contribution < -0.4 is 5.56 Å². The number of rotatable bonds is 2. The zero-order chi connectivity index (χ0) is 15.8. The average molecular weight is 319 g/mol. The van der Waals surface area contributed by atoms with Crippen molar-refractivity contribution < 1.29 is 0 Å². The number of nitrogens with zero attached hydrogens (tertiary/aromatic N) is 3. The van der Waals surface area contributed by atoms with Crippen LogP contribution >= 0.6 is 11.8 Å². The molecule has 0 aliphatic carbocycles. The fraction of sp³-hybridized carbons (Fsp3) is 0.0556. The third-order valence-corrected chi connectivity index (χ3v) is 4.36. The average Bonchev–Trinajstić information content (AvgIpc) is 2.62. The van der Waals surface area contributed by atoms with Crippen LogP contribution in [0.25, 0.3) is 27.5 Å². The number of benzene rings is 2. The zero-order valence-corrected chi connectivity index (χ0v) is 13.2. The number of hydrogen-bond donors (Lipinski definition) is 0. The highest BCUT2D eigenvalue weighted by molar-refractivity contribution is 7.98. The molecule has 4 rings (SSSR count). The van der Waals surface area contributed by atoms with Crippen molar-refractivity contribution in [2.24, 2.45) is 0 Å². The first-order valence-electron chi connectivity index (χ1n) is 7.19. The summed E-state index contributed by atoms with van der Waals surface area (Å²) in [5.41, 5.74) is 2.29. The standard InChI is InChI=1S/C18H13N3OS/c1-23-18-19-11-14-16(20-18)13-9-5-6-10-15(13)21(17(14)22)12-7-3-2-4-8-12/h2-11H,1H3. The van der Waals surface area contributed by atoms with E-state index in [1.807, 2.05) is 60.9 Å². The van der Waals surface area contributed by atoms with E-state index in [0.29, 0.717) is 16.1 Å². The van der Waals surface area contributed by atoms with E-state index < -0.39 is 0 Å². The van der Waals surface area contributed by atoms with Gasteiger partial charge in [-0.2, -0.15) is 0 Å². The molecule has 0 fully saturated rings. The Bertz CT molecular complexity index is 1070. The van der Waals surface area contributed by atoms with E-state index in [1.54, 1.807) is 10.8 Å². The lowest BCUT2D eigenvalue weighted by Crippen LogP contribution is -2.19. The summed E-state index contributed by atoms with van der Waals surface area (Å²) in [6.45, 7) is 0. The van der Waals surface area contributed by atoms with Gasteiger partial charge < -0.3 is 0 Å². The highest BCUT2D eigenvalue weighted by atomic mass is 32.2. The van der Waals surface area contributed by atoms with Crippen molar-refractivity contribution in [3.63, 3.8) is 0 Å². The van der Waals surface area contributed by atoms with Crippen LogP contribution in [0.4, 0.5) is 0 Å². The normalized spacial score (nSPS) is 11.2. The van der Waals surface area contributed by atoms with E-state index in [1.165, 1.54) is 11.8 Å². The molecular formula is C18H13N3OS. The second-order valence-electron chi connectivity index (χ2n) is 5.11. The van der Waals surface area contributed by atoms with Crippen LogP contribution in [0.2, 0.25) is 0 Å². The van der Waals surface area contributed by atoms with Gasteiger partial charge in [0.15, 0.2) is 5.16 Å². The Kier molecular flexibility index (Phi) is 3.35. The molecule has 4 aromatic rings. The first-order valence-corrected chi connectivity index (χ1v) is 8.42. The maximum atomic E-state index is 13.0. The maximum Gasteiger partial charge on any atom is 0.266 e. The van der Waals surface area contributed by atoms with E-state index in [4.69, 9.17) is 0 Å². The molecule has 2 aromatic carbocycles. The van der Waals surface area contributed by atoms with Crippen molar-refractivity contribution in [3.05, 3.63) is 71.1 Å². The van der Waals surface area contributed by atoms with Crippen LogP contribution in [0.3, 0.4) is 0 Å². The highest BCUT2D eigenvalue weighted by Gasteiger charge is 2.13. The molecule has 2 aromatic heterocycles. The largest absolute Gasteiger partial charge is 0.276 e. The van der Waals surface area contributed by atoms with Crippen LogP contribution in [-0.4, -0.2) is 20.8 Å². The number of thioether (sulfide) groups is 1. The molecule has 0 saturated carbocycles. The van der Waals surface area contributed by atoms with E-state index in [9.17, 15) is 4.79 Å². The van der Waals surface area contributed by atoms with Gasteiger partial charge in [-0.3, -0.25) is 9.36 Å². The molecule has 0 aliphatic rings. The number of para-hydroxylation sites is 2. The summed E-state index contributed by atoms with van der Waals surface area (Å²) in [5, 5.41) is 2.15. The van der Waals surface area contributed by atoms with E-state index in [-0.39, 0.29) is 5.56 Å². The van der Waals surface area contributed by atoms with Crippen molar-refractivity contribution in [1.29, 1.82) is 0 Å². The Balaban J connectivity index is 2.23. The van der Waals surface area contributed by atoms with Crippen molar-refractivity contribution in [1.82, 2.24) is 14.5 Å². The fourth-order valence-electron chi connectivity index (χ4n) is 2.76. The highest BCUT2D eigenvalue weighted by Crippen LogP contribution is 2.24. The predicted octanol–water partition coefficient (Wildman–Crippen LogP) is 3.66. The predicted molar refractivity (Wildman–Crippen MR) is 94.4 cm³/mol. The van der Waals surface area contributed by atoms with Crippen LogP contribution in [-0.2, 0) is 0 Å². The molecule has 112 valence electrons. The molecule has 4 nitrogen and oxygen atoms in total. The SMILES string of the molecule is CSc1ncc2c(=O)n(-c3ccccc3)c3ccccc3c2n1. The fourth-order valence-corrected chi connectivity index (χ4v) is 3.10.